The zero-order chi connectivity index (χ0) is 23.6. The summed E-state index contributed by atoms with van der Waals surface area (Å²) in [6.45, 7) is 2.30. The number of carbonyl (C=O) groups is 1. The third kappa shape index (κ3) is 6.64. The first kappa shape index (κ1) is 24.4. The van der Waals surface area contributed by atoms with Crippen LogP contribution < -0.4 is 10.6 Å². The van der Waals surface area contributed by atoms with E-state index in [2.05, 4.69) is 9.97 Å². The molecule has 0 radical (unpaired) electrons. The van der Waals surface area contributed by atoms with Crippen molar-refractivity contribution in [2.24, 2.45) is 0 Å². The van der Waals surface area contributed by atoms with Gasteiger partial charge in [-0.3, -0.25) is 0 Å². The minimum absolute atomic E-state index is 0.110. The van der Waals surface area contributed by atoms with Crippen LogP contribution in [0.2, 0.25) is 5.15 Å². The first-order valence-corrected chi connectivity index (χ1v) is 10.8. The van der Waals surface area contributed by atoms with Crippen molar-refractivity contribution in [3.05, 3.63) is 70.9 Å². The highest BCUT2D eigenvalue weighted by Crippen LogP contribution is 2.31. The van der Waals surface area contributed by atoms with Crippen molar-refractivity contribution < 1.29 is 19.0 Å². The highest BCUT2D eigenvalue weighted by molar-refractivity contribution is 6.31. The number of nitrogen functional groups attached to an aromatic ring is 1. The lowest BCUT2D eigenvalue weighted by Gasteiger charge is -2.25. The molecule has 0 amide bonds. The lowest BCUT2D eigenvalue weighted by atomic mass is 10.1. The smallest absolute Gasteiger partial charge is 0.338 e. The summed E-state index contributed by atoms with van der Waals surface area (Å²) in [6, 6.07) is 16.5. The predicted octanol–water partition coefficient (Wildman–Crippen LogP) is 3.84. The molecule has 0 aliphatic heterocycles. The highest BCUT2D eigenvalue weighted by atomic mass is 35.5. The maximum Gasteiger partial charge on any atom is 0.338 e. The fourth-order valence-corrected chi connectivity index (χ4v) is 3.26. The minimum atomic E-state index is -0.408. The maximum atomic E-state index is 12.5. The molecule has 33 heavy (non-hydrogen) atoms. The topological polar surface area (TPSA) is 99.8 Å². The number of carbonyl (C=O) groups excluding carboxylic acids is 1. The zero-order valence-corrected chi connectivity index (χ0v) is 19.4. The van der Waals surface area contributed by atoms with Crippen molar-refractivity contribution in [3.63, 3.8) is 0 Å². The maximum absolute atomic E-state index is 12.5. The molecule has 9 heteroatoms. The highest BCUT2D eigenvalue weighted by Gasteiger charge is 2.19. The largest absolute Gasteiger partial charge is 0.457 e. The van der Waals surface area contributed by atoms with E-state index >= 15 is 0 Å². The number of esters is 1. The van der Waals surface area contributed by atoms with Gasteiger partial charge in [0.25, 0.3) is 0 Å². The van der Waals surface area contributed by atoms with Crippen molar-refractivity contribution in [3.8, 4) is 11.3 Å². The molecule has 3 rings (SSSR count). The van der Waals surface area contributed by atoms with E-state index in [0.717, 1.165) is 11.1 Å². The van der Waals surface area contributed by atoms with E-state index in [4.69, 9.17) is 31.5 Å². The minimum Gasteiger partial charge on any atom is -0.457 e. The number of anilines is 2. The van der Waals surface area contributed by atoms with E-state index in [-0.39, 0.29) is 17.6 Å². The molecule has 0 bridgehead atoms. The van der Waals surface area contributed by atoms with Gasteiger partial charge in [-0.25, -0.2) is 14.8 Å². The molecule has 0 fully saturated rings. The number of ether oxygens (including phenoxy) is 3. The van der Waals surface area contributed by atoms with Crippen LogP contribution in [-0.4, -0.2) is 56.5 Å². The van der Waals surface area contributed by atoms with Crippen LogP contribution in [0.25, 0.3) is 11.3 Å². The van der Waals surface area contributed by atoms with Gasteiger partial charge in [0.2, 0.25) is 0 Å². The van der Waals surface area contributed by atoms with E-state index in [0.29, 0.717) is 43.4 Å². The molecule has 0 unspecified atom stereocenters. The Labute approximate surface area is 198 Å². The number of benzene rings is 2. The van der Waals surface area contributed by atoms with Crippen LogP contribution >= 0.6 is 11.6 Å². The molecule has 2 N–H and O–H groups in total. The second kappa shape index (κ2) is 12.2. The average Bonchev–Trinajstić information content (AvgIpc) is 2.85. The molecule has 174 valence electrons. The normalized spacial score (nSPS) is 10.8. The van der Waals surface area contributed by atoms with Crippen LogP contribution in [0.5, 0.6) is 0 Å². The molecular formula is C24H27ClN4O4. The lowest BCUT2D eigenvalue weighted by molar-refractivity contribution is 0.0472. The van der Waals surface area contributed by atoms with Gasteiger partial charge in [-0.2, -0.15) is 0 Å². The van der Waals surface area contributed by atoms with Crippen molar-refractivity contribution in [2.75, 3.05) is 51.2 Å². The summed E-state index contributed by atoms with van der Waals surface area (Å²) >= 11 is 6.19. The molecule has 2 aromatic carbocycles. The number of hydrogen-bond donors (Lipinski definition) is 1. The second-order valence-corrected chi connectivity index (χ2v) is 7.54. The summed E-state index contributed by atoms with van der Waals surface area (Å²) in [5.74, 6) is 0.288. The Morgan fingerprint density at radius 2 is 1.61 bits per heavy atom. The molecule has 0 spiro atoms. The first-order valence-electron chi connectivity index (χ1n) is 10.4. The van der Waals surface area contributed by atoms with Gasteiger partial charge in [0, 0.05) is 32.9 Å². The quantitative estimate of drug-likeness (QED) is 0.422. The standard InChI is InChI=1S/C24H27ClN4O4/c1-31-14-12-29(13-15-32-2)23-20(27-21(25)22(26)28-23)18-8-10-19(11-9-18)24(30)33-16-17-6-4-3-5-7-17/h3-11H,12-16H2,1-2H3,(H2,26,28). The van der Waals surface area contributed by atoms with E-state index < -0.39 is 5.97 Å². The van der Waals surface area contributed by atoms with Gasteiger partial charge in [0.05, 0.1) is 18.8 Å². The van der Waals surface area contributed by atoms with Crippen LogP contribution in [0.3, 0.4) is 0 Å². The summed E-state index contributed by atoms with van der Waals surface area (Å²) in [4.78, 5) is 23.4. The fourth-order valence-electron chi connectivity index (χ4n) is 3.13. The van der Waals surface area contributed by atoms with Crippen molar-refractivity contribution in [1.29, 1.82) is 0 Å². The summed E-state index contributed by atoms with van der Waals surface area (Å²) in [5, 5.41) is 0.110. The molecule has 3 aromatic rings. The predicted molar refractivity (Wildman–Crippen MR) is 128 cm³/mol. The molecule has 1 aromatic heterocycles. The summed E-state index contributed by atoms with van der Waals surface area (Å²) in [5.41, 5.74) is 8.59. The lowest BCUT2D eigenvalue weighted by Crippen LogP contribution is -2.32. The molecule has 8 nitrogen and oxygen atoms in total. The SMILES string of the molecule is COCCN(CCOC)c1nc(N)c(Cl)nc1-c1ccc(C(=O)OCc2ccccc2)cc1. The average molecular weight is 471 g/mol. The van der Waals surface area contributed by atoms with Gasteiger partial charge < -0.3 is 24.8 Å². The van der Waals surface area contributed by atoms with Crippen LogP contribution in [0.1, 0.15) is 15.9 Å². The number of halogens is 1. The summed E-state index contributed by atoms with van der Waals surface area (Å²) in [6.07, 6.45) is 0. The van der Waals surface area contributed by atoms with Crippen molar-refractivity contribution in [1.82, 2.24) is 9.97 Å². The fraction of sp³-hybridized carbons (Fsp3) is 0.292. The Balaban J connectivity index is 1.84. The van der Waals surface area contributed by atoms with Crippen molar-refractivity contribution in [2.45, 2.75) is 6.61 Å². The van der Waals surface area contributed by atoms with E-state index in [1.807, 2.05) is 35.2 Å². The first-order chi connectivity index (χ1) is 16.0. The third-order valence-electron chi connectivity index (χ3n) is 4.90. The molecule has 0 aliphatic rings. The van der Waals surface area contributed by atoms with E-state index in [1.165, 1.54) is 0 Å². The molecule has 0 atom stereocenters. The third-order valence-corrected chi connectivity index (χ3v) is 5.17. The zero-order valence-electron chi connectivity index (χ0n) is 18.7. The van der Waals surface area contributed by atoms with E-state index in [1.54, 1.807) is 38.5 Å². The molecule has 1 heterocycles. The van der Waals surface area contributed by atoms with Crippen molar-refractivity contribution >= 4 is 29.2 Å². The number of rotatable bonds is 11. The summed E-state index contributed by atoms with van der Waals surface area (Å²) in [7, 11) is 3.26. The Hall–Kier alpha value is -3.20. The van der Waals surface area contributed by atoms with Crippen LogP contribution in [-0.2, 0) is 20.8 Å². The van der Waals surface area contributed by atoms with Gasteiger partial charge in [-0.15, -0.1) is 0 Å². The van der Waals surface area contributed by atoms with Gasteiger partial charge in [0.1, 0.15) is 12.3 Å². The summed E-state index contributed by atoms with van der Waals surface area (Å²) < 4.78 is 15.9. The van der Waals surface area contributed by atoms with Gasteiger partial charge in [0.15, 0.2) is 16.8 Å². The number of nitrogens with two attached hydrogens (primary N) is 1. The Bertz CT molecular complexity index is 1040. The Kier molecular flexibility index (Phi) is 9.00. The van der Waals surface area contributed by atoms with Crippen LogP contribution in [0.4, 0.5) is 11.6 Å². The number of aromatic nitrogens is 2. The molecule has 0 saturated carbocycles. The molecule has 0 aliphatic carbocycles. The van der Waals surface area contributed by atoms with Gasteiger partial charge in [-0.05, 0) is 17.7 Å². The second-order valence-electron chi connectivity index (χ2n) is 7.18. The van der Waals surface area contributed by atoms with Crippen LogP contribution in [0.15, 0.2) is 54.6 Å². The monoisotopic (exact) mass is 470 g/mol. The number of nitrogens with zero attached hydrogens (tertiary/aromatic N) is 3. The van der Waals surface area contributed by atoms with Crippen LogP contribution in [0, 0.1) is 0 Å². The number of methoxy groups -OCH3 is 2. The van der Waals surface area contributed by atoms with Gasteiger partial charge in [-0.1, -0.05) is 54.1 Å². The Morgan fingerprint density at radius 1 is 0.970 bits per heavy atom. The number of hydrogen-bond acceptors (Lipinski definition) is 8. The molecular weight excluding hydrogens is 444 g/mol. The Morgan fingerprint density at radius 3 is 2.21 bits per heavy atom. The van der Waals surface area contributed by atoms with Gasteiger partial charge >= 0.3 is 5.97 Å². The molecule has 0 saturated heterocycles. The van der Waals surface area contributed by atoms with E-state index in [9.17, 15) is 4.79 Å².